The van der Waals surface area contributed by atoms with Gasteiger partial charge in [0.2, 0.25) is 21.9 Å². The first-order valence-corrected chi connectivity index (χ1v) is 16.7. The van der Waals surface area contributed by atoms with Crippen LogP contribution in [0.3, 0.4) is 0 Å². The molecule has 1 amide bonds. The molecule has 15 heteroatoms. The fourth-order valence-electron chi connectivity index (χ4n) is 5.84. The average Bonchev–Trinajstić information content (AvgIpc) is 3.59. The molecule has 0 saturated carbocycles. The van der Waals surface area contributed by atoms with Crippen molar-refractivity contribution in [3.63, 3.8) is 0 Å². The van der Waals surface area contributed by atoms with Crippen molar-refractivity contribution in [3.05, 3.63) is 102 Å². The van der Waals surface area contributed by atoms with Gasteiger partial charge in [-0.3, -0.25) is 4.79 Å². The Balaban J connectivity index is 1.22. The Morgan fingerprint density at radius 2 is 1.42 bits per heavy atom. The van der Waals surface area contributed by atoms with Gasteiger partial charge in [-0.2, -0.15) is 17.5 Å². The lowest BCUT2D eigenvalue weighted by Crippen LogP contribution is -2.47. The molecular formula is C33H31F5N6O3S. The fourth-order valence-corrected chi connectivity index (χ4v) is 7.49. The number of nitrogens with zero attached hydrogens (tertiary/aromatic N) is 5. The second-order valence-electron chi connectivity index (χ2n) is 11.5. The van der Waals surface area contributed by atoms with E-state index in [4.69, 9.17) is 0 Å². The number of carbonyl (C=O) groups excluding carboxylic acids is 1. The topological polar surface area (TPSA) is 98.7 Å². The van der Waals surface area contributed by atoms with Gasteiger partial charge in [-0.1, -0.05) is 12.1 Å². The number of anilines is 2. The monoisotopic (exact) mass is 686 g/mol. The highest BCUT2D eigenvalue weighted by Crippen LogP contribution is 2.32. The molecule has 2 fully saturated rings. The van der Waals surface area contributed by atoms with Gasteiger partial charge in [0.05, 0.1) is 28.4 Å². The number of aromatic nitrogens is 2. The third-order valence-corrected chi connectivity index (χ3v) is 10.3. The van der Waals surface area contributed by atoms with Crippen LogP contribution >= 0.6 is 0 Å². The number of benzene rings is 3. The van der Waals surface area contributed by atoms with E-state index in [-0.39, 0.29) is 30.2 Å². The van der Waals surface area contributed by atoms with E-state index in [0.717, 1.165) is 46.4 Å². The van der Waals surface area contributed by atoms with Crippen LogP contribution in [0.25, 0.3) is 11.3 Å². The molecule has 48 heavy (non-hydrogen) atoms. The molecule has 6 rings (SSSR count). The molecule has 3 aromatic carbocycles. The Kier molecular flexibility index (Phi) is 9.34. The quantitative estimate of drug-likeness (QED) is 0.254. The highest BCUT2D eigenvalue weighted by molar-refractivity contribution is 7.89. The minimum atomic E-state index is -4.51. The number of hydrogen-bond donors (Lipinski definition) is 1. The molecule has 0 unspecified atom stereocenters. The van der Waals surface area contributed by atoms with E-state index in [1.165, 1.54) is 24.3 Å². The molecular weight excluding hydrogens is 655 g/mol. The van der Waals surface area contributed by atoms with Crippen LogP contribution in [0, 0.1) is 11.6 Å². The van der Waals surface area contributed by atoms with Gasteiger partial charge >= 0.3 is 6.18 Å². The number of piperazine rings is 1. The van der Waals surface area contributed by atoms with Gasteiger partial charge in [-0.05, 0) is 79.6 Å². The second-order valence-corrected chi connectivity index (χ2v) is 13.4. The Hall–Kier alpha value is -4.63. The molecule has 3 heterocycles. The number of amides is 1. The molecule has 0 radical (unpaired) electrons. The molecule has 1 atom stereocenters. The number of carbonyl (C=O) groups is 1. The predicted octanol–water partition coefficient (Wildman–Crippen LogP) is 5.24. The summed E-state index contributed by atoms with van der Waals surface area (Å²) in [5.41, 5.74) is 1.19. The van der Waals surface area contributed by atoms with Crippen molar-refractivity contribution < 1.29 is 35.2 Å². The van der Waals surface area contributed by atoms with Crippen LogP contribution < -0.4 is 15.1 Å². The van der Waals surface area contributed by atoms with Crippen LogP contribution in [0.1, 0.15) is 24.1 Å². The summed E-state index contributed by atoms with van der Waals surface area (Å²) in [5, 5.41) is 2.77. The smallest absolute Gasteiger partial charge is 0.368 e. The minimum absolute atomic E-state index is 0.0987. The zero-order valence-corrected chi connectivity index (χ0v) is 26.3. The van der Waals surface area contributed by atoms with Crippen molar-refractivity contribution in [2.24, 2.45) is 0 Å². The summed E-state index contributed by atoms with van der Waals surface area (Å²) in [4.78, 5) is 26.6. The summed E-state index contributed by atoms with van der Waals surface area (Å²) < 4.78 is 94.2. The van der Waals surface area contributed by atoms with E-state index in [1.807, 2.05) is 4.90 Å². The van der Waals surface area contributed by atoms with Gasteiger partial charge in [0, 0.05) is 44.0 Å². The molecule has 0 bridgehead atoms. The Morgan fingerprint density at radius 1 is 0.812 bits per heavy atom. The number of nitrogens with one attached hydrogen (secondary N) is 1. The van der Waals surface area contributed by atoms with E-state index in [2.05, 4.69) is 20.2 Å². The molecule has 1 aromatic heterocycles. The number of sulfonamides is 1. The van der Waals surface area contributed by atoms with E-state index in [9.17, 15) is 35.2 Å². The van der Waals surface area contributed by atoms with Crippen LogP contribution in [-0.4, -0.2) is 67.4 Å². The van der Waals surface area contributed by atoms with Crippen molar-refractivity contribution in [3.8, 4) is 11.3 Å². The highest BCUT2D eigenvalue weighted by atomic mass is 32.2. The number of halogens is 5. The first kappa shape index (κ1) is 33.3. The lowest BCUT2D eigenvalue weighted by atomic mass is 10.1. The first-order chi connectivity index (χ1) is 22.9. The second kappa shape index (κ2) is 13.5. The van der Waals surface area contributed by atoms with Crippen molar-refractivity contribution in [1.29, 1.82) is 0 Å². The normalized spacial score (nSPS) is 17.5. The summed E-state index contributed by atoms with van der Waals surface area (Å²) in [5.74, 6) is -1.14. The van der Waals surface area contributed by atoms with Gasteiger partial charge in [-0.25, -0.2) is 27.2 Å². The summed E-state index contributed by atoms with van der Waals surface area (Å²) in [7, 11) is -4.07. The molecule has 4 aromatic rings. The van der Waals surface area contributed by atoms with Crippen molar-refractivity contribution in [2.45, 2.75) is 36.5 Å². The van der Waals surface area contributed by atoms with E-state index in [1.54, 1.807) is 18.2 Å². The van der Waals surface area contributed by atoms with Gasteiger partial charge in [0.15, 0.2) is 0 Å². The molecule has 2 saturated heterocycles. The molecule has 2 aliphatic rings. The zero-order chi connectivity index (χ0) is 34.1. The first-order valence-electron chi connectivity index (χ1n) is 15.2. The van der Waals surface area contributed by atoms with Crippen LogP contribution in [0.15, 0.2) is 83.8 Å². The maximum atomic E-state index is 13.4. The Bertz CT molecular complexity index is 1870. The summed E-state index contributed by atoms with van der Waals surface area (Å²) >= 11 is 0. The summed E-state index contributed by atoms with van der Waals surface area (Å²) in [6.45, 7) is 2.17. The van der Waals surface area contributed by atoms with Crippen LogP contribution in [0.5, 0.6) is 0 Å². The zero-order valence-electron chi connectivity index (χ0n) is 25.5. The van der Waals surface area contributed by atoms with Crippen LogP contribution in [-0.2, 0) is 27.5 Å². The maximum Gasteiger partial charge on any atom is 0.416 e. The third kappa shape index (κ3) is 7.26. The van der Waals surface area contributed by atoms with Crippen LogP contribution in [0.4, 0.5) is 33.6 Å². The van der Waals surface area contributed by atoms with E-state index in [0.29, 0.717) is 55.5 Å². The molecule has 1 N–H and O–H groups in total. The standard InChI is InChI=1S/C33H31F5N6O3S/c34-24-7-11-27(12-8-24)42-16-18-43(19-17-42)32-40-26(20-29(41-32)22-3-5-23(6-4-22)33(36,37)38)21-39-31(45)30-2-1-15-44(30)48(46,47)28-13-9-25(35)10-14-28/h3-14,20,30H,1-2,15-19,21H2,(H,39,45)/t30-/m0/s1. The Labute approximate surface area is 274 Å². The van der Waals surface area contributed by atoms with Crippen molar-refractivity contribution in [1.82, 2.24) is 19.6 Å². The number of hydrogen-bond acceptors (Lipinski definition) is 7. The molecule has 252 valence electrons. The molecule has 9 nitrogen and oxygen atoms in total. The van der Waals surface area contributed by atoms with E-state index < -0.39 is 39.5 Å². The lowest BCUT2D eigenvalue weighted by Gasteiger charge is -2.36. The summed E-state index contributed by atoms with van der Waals surface area (Å²) in [6.07, 6.45) is -3.76. The summed E-state index contributed by atoms with van der Waals surface area (Å²) in [6, 6.07) is 15.7. The van der Waals surface area contributed by atoms with Gasteiger partial charge in [0.1, 0.15) is 17.7 Å². The SMILES string of the molecule is O=C(NCc1cc(-c2ccc(C(F)(F)F)cc2)nc(N2CCN(c3ccc(F)cc3)CC2)n1)[C@@H]1CCCN1S(=O)(=O)c1ccc(F)cc1. The van der Waals surface area contributed by atoms with Crippen molar-refractivity contribution >= 4 is 27.6 Å². The van der Waals surface area contributed by atoms with Gasteiger partial charge < -0.3 is 15.1 Å². The third-order valence-electron chi connectivity index (χ3n) is 8.40. The Morgan fingerprint density at radius 3 is 2.04 bits per heavy atom. The van der Waals surface area contributed by atoms with Crippen molar-refractivity contribution in [2.75, 3.05) is 42.5 Å². The average molecular weight is 687 g/mol. The number of alkyl halides is 3. The molecule has 2 aliphatic heterocycles. The fraction of sp³-hybridized carbons (Fsp3) is 0.303. The maximum absolute atomic E-state index is 13.4. The highest BCUT2D eigenvalue weighted by Gasteiger charge is 2.39. The van der Waals surface area contributed by atoms with Crippen LogP contribution in [0.2, 0.25) is 0 Å². The number of rotatable bonds is 8. The molecule has 0 aliphatic carbocycles. The minimum Gasteiger partial charge on any atom is -0.368 e. The largest absolute Gasteiger partial charge is 0.416 e. The lowest BCUT2D eigenvalue weighted by molar-refractivity contribution is -0.137. The van der Waals surface area contributed by atoms with Gasteiger partial charge in [-0.15, -0.1) is 0 Å². The van der Waals surface area contributed by atoms with Gasteiger partial charge in [0.25, 0.3) is 0 Å². The molecule has 0 spiro atoms. The van der Waals surface area contributed by atoms with E-state index >= 15 is 0 Å². The predicted molar refractivity (Wildman–Crippen MR) is 168 cm³/mol.